The first kappa shape index (κ1) is 11.8. The van der Waals surface area contributed by atoms with Gasteiger partial charge in [-0.05, 0) is 25.0 Å². The Hall–Kier alpha value is -2.24. The van der Waals surface area contributed by atoms with Crippen LogP contribution in [0.5, 0.6) is 0 Å². The normalized spacial score (nSPS) is 14.9. The molecule has 1 saturated carbocycles. The van der Waals surface area contributed by atoms with Crippen molar-refractivity contribution in [2.45, 2.75) is 25.8 Å². The number of nitrogens with zero attached hydrogens (tertiary/aromatic N) is 4. The van der Waals surface area contributed by atoms with Crippen molar-refractivity contribution in [2.24, 2.45) is 5.92 Å². The topological polar surface area (TPSA) is 72.7 Å². The molecule has 0 aliphatic heterocycles. The Balaban J connectivity index is 1.60. The highest BCUT2D eigenvalue weighted by atomic mass is 16.1. The lowest BCUT2D eigenvalue weighted by Crippen LogP contribution is -2.34. The van der Waals surface area contributed by atoms with E-state index in [4.69, 9.17) is 0 Å². The van der Waals surface area contributed by atoms with E-state index < -0.39 is 0 Å². The van der Waals surface area contributed by atoms with Crippen molar-refractivity contribution in [2.75, 3.05) is 0 Å². The third-order valence-corrected chi connectivity index (χ3v) is 3.39. The lowest BCUT2D eigenvalue weighted by molar-refractivity contribution is -0.127. The Morgan fingerprint density at radius 1 is 1.37 bits per heavy atom. The fourth-order valence-electron chi connectivity index (χ4n) is 1.99. The molecule has 1 aliphatic carbocycles. The van der Waals surface area contributed by atoms with Gasteiger partial charge in [0.2, 0.25) is 5.91 Å². The van der Waals surface area contributed by atoms with E-state index in [1.54, 1.807) is 17.1 Å². The minimum absolute atomic E-state index is 0.129. The summed E-state index contributed by atoms with van der Waals surface area (Å²) in [7, 11) is 0. The monoisotopic (exact) mass is 257 g/mol. The predicted octanol–water partition coefficient (Wildman–Crippen LogP) is 1.08. The average Bonchev–Trinajstić information content (AvgIpc) is 2.84. The highest BCUT2D eigenvalue weighted by molar-refractivity contribution is 5.79. The molecule has 1 N–H and O–H groups in total. The number of nitrogens with one attached hydrogen (secondary N) is 1. The summed E-state index contributed by atoms with van der Waals surface area (Å²) >= 11 is 0. The van der Waals surface area contributed by atoms with E-state index in [-0.39, 0.29) is 11.8 Å². The van der Waals surface area contributed by atoms with Crippen LogP contribution in [0, 0.1) is 5.92 Å². The Morgan fingerprint density at radius 3 is 2.84 bits per heavy atom. The van der Waals surface area contributed by atoms with Gasteiger partial charge in [-0.2, -0.15) is 0 Å². The van der Waals surface area contributed by atoms with Crippen molar-refractivity contribution in [3.8, 4) is 5.69 Å². The number of hydrogen-bond donors (Lipinski definition) is 1. The van der Waals surface area contributed by atoms with E-state index in [0.717, 1.165) is 30.6 Å². The van der Waals surface area contributed by atoms with Gasteiger partial charge in [0.1, 0.15) is 5.69 Å². The molecule has 19 heavy (non-hydrogen) atoms. The summed E-state index contributed by atoms with van der Waals surface area (Å²) in [5, 5.41) is 11.0. The second-order valence-electron chi connectivity index (χ2n) is 4.71. The van der Waals surface area contributed by atoms with Gasteiger partial charge in [0.15, 0.2) is 0 Å². The van der Waals surface area contributed by atoms with Gasteiger partial charge in [-0.3, -0.25) is 9.78 Å². The average molecular weight is 257 g/mol. The first-order chi connectivity index (χ1) is 9.33. The van der Waals surface area contributed by atoms with Crippen LogP contribution in [-0.4, -0.2) is 25.9 Å². The maximum atomic E-state index is 11.7. The van der Waals surface area contributed by atoms with E-state index in [0.29, 0.717) is 6.54 Å². The van der Waals surface area contributed by atoms with E-state index in [9.17, 15) is 4.79 Å². The molecule has 2 aromatic rings. The molecule has 6 nitrogen and oxygen atoms in total. The second kappa shape index (κ2) is 5.17. The van der Waals surface area contributed by atoms with Gasteiger partial charge in [0.05, 0.1) is 18.4 Å². The molecule has 2 heterocycles. The zero-order valence-electron chi connectivity index (χ0n) is 10.5. The smallest absolute Gasteiger partial charge is 0.223 e. The van der Waals surface area contributed by atoms with Gasteiger partial charge in [0.25, 0.3) is 0 Å². The van der Waals surface area contributed by atoms with Crippen LogP contribution < -0.4 is 5.32 Å². The SMILES string of the molecule is O=C(NCc1cn(-c2ccncc2)nn1)C1CCC1. The third-order valence-electron chi connectivity index (χ3n) is 3.39. The molecule has 3 rings (SSSR count). The summed E-state index contributed by atoms with van der Waals surface area (Å²) in [5.41, 5.74) is 1.66. The summed E-state index contributed by atoms with van der Waals surface area (Å²) < 4.78 is 1.67. The summed E-state index contributed by atoms with van der Waals surface area (Å²) in [6.07, 6.45) is 8.40. The molecule has 0 spiro atoms. The maximum absolute atomic E-state index is 11.7. The van der Waals surface area contributed by atoms with Gasteiger partial charge in [-0.1, -0.05) is 11.6 Å². The van der Waals surface area contributed by atoms with Crippen molar-refractivity contribution >= 4 is 5.91 Å². The highest BCUT2D eigenvalue weighted by Gasteiger charge is 2.24. The largest absolute Gasteiger partial charge is 0.350 e. The Morgan fingerprint density at radius 2 is 2.16 bits per heavy atom. The molecule has 2 aromatic heterocycles. The van der Waals surface area contributed by atoms with E-state index in [1.807, 2.05) is 18.3 Å². The van der Waals surface area contributed by atoms with Crippen LogP contribution in [0.3, 0.4) is 0 Å². The van der Waals surface area contributed by atoms with Crippen LogP contribution in [0.2, 0.25) is 0 Å². The van der Waals surface area contributed by atoms with Crippen molar-refractivity contribution in [1.29, 1.82) is 0 Å². The minimum atomic E-state index is 0.129. The van der Waals surface area contributed by atoms with Gasteiger partial charge in [-0.15, -0.1) is 5.10 Å². The zero-order valence-corrected chi connectivity index (χ0v) is 10.5. The molecule has 0 aromatic carbocycles. The summed E-state index contributed by atoms with van der Waals surface area (Å²) in [5.74, 6) is 0.333. The Bertz CT molecular complexity index is 561. The van der Waals surface area contributed by atoms with Crippen molar-refractivity contribution < 1.29 is 4.79 Å². The predicted molar refractivity (Wildman–Crippen MR) is 68.3 cm³/mol. The number of hydrogen-bond acceptors (Lipinski definition) is 4. The van der Waals surface area contributed by atoms with Crippen LogP contribution in [-0.2, 0) is 11.3 Å². The molecule has 1 amide bonds. The summed E-state index contributed by atoms with van der Waals surface area (Å²) in [6.45, 7) is 0.431. The van der Waals surface area contributed by atoms with Gasteiger partial charge < -0.3 is 5.32 Å². The highest BCUT2D eigenvalue weighted by Crippen LogP contribution is 2.26. The number of carbonyl (C=O) groups is 1. The summed E-state index contributed by atoms with van der Waals surface area (Å²) in [6, 6.07) is 3.71. The number of pyridine rings is 1. The lowest BCUT2D eigenvalue weighted by atomic mass is 9.85. The van der Waals surface area contributed by atoms with Crippen molar-refractivity contribution in [1.82, 2.24) is 25.3 Å². The number of aromatic nitrogens is 4. The molecule has 0 bridgehead atoms. The van der Waals surface area contributed by atoms with Crippen LogP contribution in [0.15, 0.2) is 30.7 Å². The molecular weight excluding hydrogens is 242 g/mol. The standard InChI is InChI=1S/C13H15N5O/c19-13(10-2-1-3-10)15-8-11-9-18(17-16-11)12-4-6-14-7-5-12/h4-7,9-10H,1-3,8H2,(H,15,19). The fourth-order valence-corrected chi connectivity index (χ4v) is 1.99. The maximum Gasteiger partial charge on any atom is 0.223 e. The molecule has 6 heteroatoms. The summed E-state index contributed by atoms with van der Waals surface area (Å²) in [4.78, 5) is 15.7. The quantitative estimate of drug-likeness (QED) is 0.889. The molecule has 0 saturated heterocycles. The number of carbonyl (C=O) groups excluding carboxylic acids is 1. The van der Waals surface area contributed by atoms with E-state index >= 15 is 0 Å². The Kier molecular flexibility index (Phi) is 3.22. The van der Waals surface area contributed by atoms with E-state index in [2.05, 4.69) is 20.6 Å². The van der Waals surface area contributed by atoms with Crippen LogP contribution in [0.25, 0.3) is 5.69 Å². The molecular formula is C13H15N5O. The molecule has 98 valence electrons. The van der Waals surface area contributed by atoms with Gasteiger partial charge >= 0.3 is 0 Å². The lowest BCUT2D eigenvalue weighted by Gasteiger charge is -2.23. The first-order valence-electron chi connectivity index (χ1n) is 6.42. The zero-order chi connectivity index (χ0) is 13.1. The van der Waals surface area contributed by atoms with Crippen LogP contribution in [0.1, 0.15) is 25.0 Å². The molecule has 0 radical (unpaired) electrons. The number of amides is 1. The number of rotatable bonds is 4. The molecule has 0 unspecified atom stereocenters. The van der Waals surface area contributed by atoms with E-state index in [1.165, 1.54) is 0 Å². The third kappa shape index (κ3) is 2.62. The minimum Gasteiger partial charge on any atom is -0.350 e. The molecule has 1 aliphatic rings. The van der Waals surface area contributed by atoms with Gasteiger partial charge in [-0.25, -0.2) is 4.68 Å². The molecule has 0 atom stereocenters. The second-order valence-corrected chi connectivity index (χ2v) is 4.71. The first-order valence-corrected chi connectivity index (χ1v) is 6.42. The molecule has 1 fully saturated rings. The fraction of sp³-hybridized carbons (Fsp3) is 0.385. The van der Waals surface area contributed by atoms with Crippen molar-refractivity contribution in [3.05, 3.63) is 36.4 Å². The van der Waals surface area contributed by atoms with Crippen molar-refractivity contribution in [3.63, 3.8) is 0 Å². The Labute approximate surface area is 110 Å². The van der Waals surface area contributed by atoms with Crippen LogP contribution in [0.4, 0.5) is 0 Å². The van der Waals surface area contributed by atoms with Crippen LogP contribution >= 0.6 is 0 Å². The van der Waals surface area contributed by atoms with Gasteiger partial charge in [0, 0.05) is 18.3 Å².